The van der Waals surface area contributed by atoms with Gasteiger partial charge in [-0.25, -0.2) is 14.5 Å². The smallest absolute Gasteiger partial charge is 0.418 e. The van der Waals surface area contributed by atoms with E-state index in [1.54, 1.807) is 13.0 Å². The molecule has 1 aliphatic rings. The molecule has 122 valence electrons. The van der Waals surface area contributed by atoms with Crippen molar-refractivity contribution < 1.29 is 29.0 Å². The second-order valence-electron chi connectivity index (χ2n) is 4.71. The Balaban J connectivity index is 3.14. The van der Waals surface area contributed by atoms with Gasteiger partial charge in [-0.1, -0.05) is 13.0 Å². The zero-order chi connectivity index (χ0) is 16.9. The lowest BCUT2D eigenvalue weighted by Gasteiger charge is -2.26. The zero-order valence-corrected chi connectivity index (χ0v) is 12.6. The van der Waals surface area contributed by atoms with E-state index in [1.807, 2.05) is 6.92 Å². The molecule has 9 nitrogen and oxygen atoms in total. The predicted molar refractivity (Wildman–Crippen MR) is 75.1 cm³/mol. The van der Waals surface area contributed by atoms with Gasteiger partial charge in [0.1, 0.15) is 6.54 Å². The fourth-order valence-corrected chi connectivity index (χ4v) is 2.08. The summed E-state index contributed by atoms with van der Waals surface area (Å²) in [7, 11) is 1.40. The number of cyclic esters (lactones) is 1. The zero-order valence-electron chi connectivity index (χ0n) is 12.6. The summed E-state index contributed by atoms with van der Waals surface area (Å²) in [6.07, 6.45) is 1.22. The van der Waals surface area contributed by atoms with Gasteiger partial charge in [-0.2, -0.15) is 0 Å². The summed E-state index contributed by atoms with van der Waals surface area (Å²) in [5.41, 5.74) is -1.28. The van der Waals surface area contributed by atoms with Crippen LogP contribution in [0.2, 0.25) is 0 Å². The quantitative estimate of drug-likeness (QED) is 0.596. The molecule has 0 aromatic rings. The van der Waals surface area contributed by atoms with Gasteiger partial charge in [0, 0.05) is 7.05 Å². The molecule has 1 atom stereocenters. The Morgan fingerprint density at radius 1 is 1.41 bits per heavy atom. The van der Waals surface area contributed by atoms with Crippen molar-refractivity contribution in [2.45, 2.75) is 25.9 Å². The van der Waals surface area contributed by atoms with Crippen LogP contribution in [0, 0.1) is 0 Å². The molecule has 4 amide bonds. The van der Waals surface area contributed by atoms with E-state index in [2.05, 4.69) is 10.6 Å². The van der Waals surface area contributed by atoms with Crippen LogP contribution < -0.4 is 10.6 Å². The summed E-state index contributed by atoms with van der Waals surface area (Å²) in [6.45, 7) is 2.35. The minimum atomic E-state index is -1.71. The number of hydrogen-bond acceptors (Lipinski definition) is 5. The number of carboxylic acid groups (broad SMARTS) is 1. The van der Waals surface area contributed by atoms with E-state index in [0.29, 0.717) is 16.9 Å². The molecular formula is C13H19N3O6. The van der Waals surface area contributed by atoms with Crippen molar-refractivity contribution >= 4 is 24.0 Å². The molecule has 22 heavy (non-hydrogen) atoms. The summed E-state index contributed by atoms with van der Waals surface area (Å²) >= 11 is 0. The topological polar surface area (TPSA) is 125 Å². The average Bonchev–Trinajstić information content (AvgIpc) is 2.70. The molecule has 0 saturated carbocycles. The largest absolute Gasteiger partial charge is 0.480 e. The Bertz CT molecular complexity index is 530. The van der Waals surface area contributed by atoms with Gasteiger partial charge in [-0.3, -0.25) is 9.59 Å². The molecule has 0 radical (unpaired) electrons. The van der Waals surface area contributed by atoms with Crippen LogP contribution in [0.1, 0.15) is 20.3 Å². The van der Waals surface area contributed by atoms with Crippen LogP contribution in [-0.2, 0) is 14.3 Å². The van der Waals surface area contributed by atoms with E-state index in [1.165, 1.54) is 7.05 Å². The van der Waals surface area contributed by atoms with Crippen molar-refractivity contribution in [1.82, 2.24) is 15.5 Å². The standard InChI is InChI=1S/C13H19N3O6/c1-4-5-8(2)13(7-15-11(20)14-3)10(19)16(6-9(17)18)12(21)22-13/h5H,4,6-7H2,1-3H3,(H,17,18)(H2,14,15,20)/b8-5+/t13-/m0/s1. The summed E-state index contributed by atoms with van der Waals surface area (Å²) in [4.78, 5) is 46.9. The normalized spacial score (nSPS) is 21.6. The van der Waals surface area contributed by atoms with E-state index < -0.39 is 36.1 Å². The molecule has 0 unspecified atom stereocenters. The summed E-state index contributed by atoms with van der Waals surface area (Å²) in [5, 5.41) is 13.5. The number of nitrogens with zero attached hydrogens (tertiary/aromatic N) is 1. The Hall–Kier alpha value is -2.58. The van der Waals surface area contributed by atoms with Gasteiger partial charge in [0.25, 0.3) is 5.91 Å². The Labute approximate surface area is 127 Å². The molecule has 0 aromatic carbocycles. The highest BCUT2D eigenvalue weighted by molar-refractivity contribution is 6.07. The summed E-state index contributed by atoms with van der Waals surface area (Å²) < 4.78 is 5.15. The minimum Gasteiger partial charge on any atom is -0.480 e. The van der Waals surface area contributed by atoms with E-state index in [0.717, 1.165) is 0 Å². The number of nitrogens with one attached hydrogen (secondary N) is 2. The molecule has 1 fully saturated rings. The van der Waals surface area contributed by atoms with Crippen LogP contribution in [-0.4, -0.2) is 59.7 Å². The van der Waals surface area contributed by atoms with Gasteiger partial charge in [-0.15, -0.1) is 0 Å². The second-order valence-corrected chi connectivity index (χ2v) is 4.71. The van der Waals surface area contributed by atoms with E-state index in [9.17, 15) is 19.2 Å². The molecule has 3 N–H and O–H groups in total. The Kier molecular flexibility index (Phi) is 5.50. The molecule has 9 heteroatoms. The third kappa shape index (κ3) is 3.35. The van der Waals surface area contributed by atoms with Gasteiger partial charge in [0.05, 0.1) is 6.54 Å². The Morgan fingerprint density at radius 2 is 2.05 bits per heavy atom. The van der Waals surface area contributed by atoms with Crippen molar-refractivity contribution in [3.8, 4) is 0 Å². The number of allylic oxidation sites excluding steroid dienone is 1. The van der Waals surface area contributed by atoms with Gasteiger partial charge in [0.15, 0.2) is 0 Å². The molecule has 1 saturated heterocycles. The van der Waals surface area contributed by atoms with E-state index in [4.69, 9.17) is 9.84 Å². The molecule has 0 bridgehead atoms. The third-order valence-corrected chi connectivity index (χ3v) is 3.24. The number of carbonyl (C=O) groups excluding carboxylic acids is 3. The third-order valence-electron chi connectivity index (χ3n) is 3.24. The first-order chi connectivity index (χ1) is 10.3. The number of aliphatic carboxylic acids is 1. The van der Waals surface area contributed by atoms with Crippen molar-refractivity contribution in [2.75, 3.05) is 20.1 Å². The SMILES string of the molecule is CC/C=C(\C)[C@]1(CNC(=O)NC)OC(=O)N(CC(=O)O)C1=O. The van der Waals surface area contributed by atoms with E-state index >= 15 is 0 Å². The maximum absolute atomic E-state index is 12.5. The highest BCUT2D eigenvalue weighted by Crippen LogP contribution is 2.31. The molecule has 0 aliphatic carbocycles. The average molecular weight is 313 g/mol. The highest BCUT2D eigenvalue weighted by atomic mass is 16.6. The lowest BCUT2D eigenvalue weighted by Crippen LogP contribution is -2.52. The lowest BCUT2D eigenvalue weighted by molar-refractivity contribution is -0.143. The fourth-order valence-electron chi connectivity index (χ4n) is 2.08. The minimum absolute atomic E-state index is 0.282. The van der Waals surface area contributed by atoms with Crippen molar-refractivity contribution in [3.05, 3.63) is 11.6 Å². The molecule has 1 heterocycles. The predicted octanol–water partition coefficient (Wildman–Crippen LogP) is 0.0739. The number of amides is 4. The molecule has 1 aliphatic heterocycles. The van der Waals surface area contributed by atoms with Gasteiger partial charge in [-0.05, 0) is 18.9 Å². The van der Waals surface area contributed by atoms with Crippen molar-refractivity contribution in [3.63, 3.8) is 0 Å². The summed E-state index contributed by atoms with van der Waals surface area (Å²) in [6, 6.07) is -0.552. The number of rotatable bonds is 6. The molecule has 0 aromatic heterocycles. The first-order valence-electron chi connectivity index (χ1n) is 6.68. The van der Waals surface area contributed by atoms with Crippen LogP contribution in [0.25, 0.3) is 0 Å². The molecule has 1 rings (SSSR count). The number of imide groups is 1. The number of carbonyl (C=O) groups is 4. The first-order valence-corrected chi connectivity index (χ1v) is 6.68. The maximum Gasteiger partial charge on any atom is 0.418 e. The summed E-state index contributed by atoms with van der Waals surface area (Å²) in [5.74, 6) is -2.14. The lowest BCUT2D eigenvalue weighted by atomic mass is 9.92. The maximum atomic E-state index is 12.5. The first kappa shape index (κ1) is 17.5. The highest BCUT2D eigenvalue weighted by Gasteiger charge is 2.55. The van der Waals surface area contributed by atoms with Crippen LogP contribution >= 0.6 is 0 Å². The monoisotopic (exact) mass is 313 g/mol. The number of hydrogen-bond donors (Lipinski definition) is 3. The number of carboxylic acids is 1. The van der Waals surface area contributed by atoms with Crippen LogP contribution in [0.15, 0.2) is 11.6 Å². The van der Waals surface area contributed by atoms with Gasteiger partial charge < -0.3 is 20.5 Å². The van der Waals surface area contributed by atoms with Crippen molar-refractivity contribution in [2.24, 2.45) is 0 Å². The van der Waals surface area contributed by atoms with Crippen LogP contribution in [0.5, 0.6) is 0 Å². The van der Waals surface area contributed by atoms with E-state index in [-0.39, 0.29) is 6.54 Å². The molecular weight excluding hydrogens is 294 g/mol. The fraction of sp³-hybridized carbons (Fsp3) is 0.538. The Morgan fingerprint density at radius 3 is 2.55 bits per heavy atom. The second kappa shape index (κ2) is 6.92. The van der Waals surface area contributed by atoms with Gasteiger partial charge in [0.2, 0.25) is 5.60 Å². The number of ether oxygens (including phenoxy) is 1. The molecule has 0 spiro atoms. The number of urea groups is 1. The van der Waals surface area contributed by atoms with Crippen LogP contribution in [0.4, 0.5) is 9.59 Å². The van der Waals surface area contributed by atoms with Crippen LogP contribution in [0.3, 0.4) is 0 Å². The van der Waals surface area contributed by atoms with Crippen molar-refractivity contribution in [1.29, 1.82) is 0 Å². The van der Waals surface area contributed by atoms with Gasteiger partial charge >= 0.3 is 18.1 Å².